The van der Waals surface area contributed by atoms with Crippen molar-refractivity contribution in [2.75, 3.05) is 0 Å². The molecular weight excluding hydrogens is 338 g/mol. The predicted octanol–water partition coefficient (Wildman–Crippen LogP) is 5.43. The second kappa shape index (κ2) is 7.01. The fraction of sp³-hybridized carbons (Fsp3) is 0.318. The first kappa shape index (κ1) is 16.9. The van der Waals surface area contributed by atoms with Crippen LogP contribution in [-0.2, 0) is 19.3 Å². The van der Waals surface area contributed by atoms with Crippen LogP contribution in [0.4, 0.5) is 0 Å². The van der Waals surface area contributed by atoms with E-state index in [1.807, 2.05) is 6.07 Å². The van der Waals surface area contributed by atoms with Crippen molar-refractivity contribution in [3.8, 4) is 27.2 Å². The molecule has 0 spiro atoms. The van der Waals surface area contributed by atoms with Gasteiger partial charge in [-0.1, -0.05) is 55.5 Å². The van der Waals surface area contributed by atoms with Crippen LogP contribution in [0.1, 0.15) is 42.5 Å². The van der Waals surface area contributed by atoms with E-state index in [0.717, 1.165) is 46.0 Å². The third-order valence-electron chi connectivity index (χ3n) is 4.91. The highest BCUT2D eigenvalue weighted by Crippen LogP contribution is 2.36. The van der Waals surface area contributed by atoms with Gasteiger partial charge in [0.15, 0.2) is 0 Å². The third kappa shape index (κ3) is 3.15. The van der Waals surface area contributed by atoms with E-state index in [1.165, 1.54) is 23.1 Å². The van der Waals surface area contributed by atoms with Gasteiger partial charge in [0, 0.05) is 11.1 Å². The fourth-order valence-corrected chi connectivity index (χ4v) is 4.59. The second-order valence-corrected chi connectivity index (χ2v) is 8.27. The van der Waals surface area contributed by atoms with Crippen molar-refractivity contribution in [3.05, 3.63) is 58.7 Å². The number of aryl methyl sites for hydroxylation is 1. The first-order valence-electron chi connectivity index (χ1n) is 9.13. The van der Waals surface area contributed by atoms with Crippen molar-refractivity contribution in [3.63, 3.8) is 0 Å². The normalized spacial score (nSPS) is 13.0. The first-order chi connectivity index (χ1) is 12.7. The Morgan fingerprint density at radius 1 is 1.12 bits per heavy atom. The molecular formula is C22H21N3S. The molecule has 0 aliphatic heterocycles. The number of nitriles is 1. The summed E-state index contributed by atoms with van der Waals surface area (Å²) in [5.41, 5.74) is 6.93. The lowest BCUT2D eigenvalue weighted by molar-refractivity contribution is 0.646. The quantitative estimate of drug-likeness (QED) is 0.624. The summed E-state index contributed by atoms with van der Waals surface area (Å²) in [5.74, 6) is 0.529. The highest BCUT2D eigenvalue weighted by Gasteiger charge is 2.18. The van der Waals surface area contributed by atoms with E-state index in [2.05, 4.69) is 60.4 Å². The molecule has 1 aliphatic carbocycles. The molecule has 1 heterocycles. The lowest BCUT2D eigenvalue weighted by Gasteiger charge is -2.08. The van der Waals surface area contributed by atoms with Crippen molar-refractivity contribution < 1.29 is 0 Å². The van der Waals surface area contributed by atoms with E-state index in [1.54, 1.807) is 11.3 Å². The summed E-state index contributed by atoms with van der Waals surface area (Å²) >= 11 is 1.61. The summed E-state index contributed by atoms with van der Waals surface area (Å²) in [7, 11) is 0. The standard InChI is InChI=1S/C22H21N3S/c1-14(2)11-16-9-10-17(12-18(16)13-23)21-24-25-22(26-21)20-8-4-6-15-5-3-7-19(15)20/h4,6,8-10,12,14H,3,5,7,11H2,1-2H3. The number of benzene rings is 2. The van der Waals surface area contributed by atoms with Gasteiger partial charge in [0.05, 0.1) is 11.6 Å². The Morgan fingerprint density at radius 3 is 2.77 bits per heavy atom. The van der Waals surface area contributed by atoms with Gasteiger partial charge in [-0.2, -0.15) is 5.26 Å². The van der Waals surface area contributed by atoms with Gasteiger partial charge in [-0.05, 0) is 54.4 Å². The molecule has 1 aromatic heterocycles. The van der Waals surface area contributed by atoms with Crippen molar-refractivity contribution in [1.29, 1.82) is 5.26 Å². The molecule has 0 saturated heterocycles. The Labute approximate surface area is 158 Å². The van der Waals surface area contributed by atoms with Crippen LogP contribution in [0.3, 0.4) is 0 Å². The molecule has 0 N–H and O–H groups in total. The third-order valence-corrected chi connectivity index (χ3v) is 5.91. The van der Waals surface area contributed by atoms with Crippen molar-refractivity contribution in [2.24, 2.45) is 5.92 Å². The number of rotatable bonds is 4. The molecule has 4 rings (SSSR count). The Morgan fingerprint density at radius 2 is 1.96 bits per heavy atom. The van der Waals surface area contributed by atoms with Crippen molar-refractivity contribution in [2.45, 2.75) is 39.5 Å². The van der Waals surface area contributed by atoms with E-state index in [-0.39, 0.29) is 0 Å². The minimum atomic E-state index is 0.529. The van der Waals surface area contributed by atoms with Gasteiger partial charge in [-0.25, -0.2) is 0 Å². The van der Waals surface area contributed by atoms with Gasteiger partial charge in [0.2, 0.25) is 0 Å². The summed E-state index contributed by atoms with van der Waals surface area (Å²) in [6, 6.07) is 14.9. The summed E-state index contributed by atoms with van der Waals surface area (Å²) in [5, 5.41) is 20.2. The molecule has 0 radical (unpaired) electrons. The van der Waals surface area contributed by atoms with Gasteiger partial charge in [0.1, 0.15) is 10.0 Å². The molecule has 0 unspecified atom stereocenters. The SMILES string of the molecule is CC(C)Cc1ccc(-c2nnc(-c3cccc4c3CCC4)s2)cc1C#N. The molecule has 4 heteroatoms. The monoisotopic (exact) mass is 359 g/mol. The van der Waals surface area contributed by atoms with E-state index in [0.29, 0.717) is 5.92 Å². The van der Waals surface area contributed by atoms with Crippen LogP contribution in [0.5, 0.6) is 0 Å². The Bertz CT molecular complexity index is 995. The number of nitrogens with zero attached hydrogens (tertiary/aromatic N) is 3. The summed E-state index contributed by atoms with van der Waals surface area (Å²) in [6.45, 7) is 4.34. The Balaban J connectivity index is 1.69. The molecule has 0 atom stereocenters. The van der Waals surface area contributed by atoms with Crippen LogP contribution in [0.15, 0.2) is 36.4 Å². The van der Waals surface area contributed by atoms with Crippen LogP contribution < -0.4 is 0 Å². The molecule has 3 aromatic rings. The maximum atomic E-state index is 9.51. The molecule has 2 aromatic carbocycles. The average molecular weight is 359 g/mol. The maximum Gasteiger partial charge on any atom is 0.148 e. The molecule has 26 heavy (non-hydrogen) atoms. The molecule has 0 amide bonds. The zero-order valence-electron chi connectivity index (χ0n) is 15.1. The predicted molar refractivity (Wildman–Crippen MR) is 106 cm³/mol. The zero-order chi connectivity index (χ0) is 18.1. The summed E-state index contributed by atoms with van der Waals surface area (Å²) in [4.78, 5) is 0. The fourth-order valence-electron chi connectivity index (χ4n) is 3.70. The molecule has 130 valence electrons. The Hall–Kier alpha value is -2.51. The molecule has 3 nitrogen and oxygen atoms in total. The van der Waals surface area contributed by atoms with Crippen LogP contribution in [0.2, 0.25) is 0 Å². The van der Waals surface area contributed by atoms with Crippen LogP contribution in [-0.4, -0.2) is 10.2 Å². The highest BCUT2D eigenvalue weighted by molar-refractivity contribution is 7.17. The minimum absolute atomic E-state index is 0.529. The summed E-state index contributed by atoms with van der Waals surface area (Å²) in [6.07, 6.45) is 4.43. The van der Waals surface area contributed by atoms with Gasteiger partial charge in [-0.15, -0.1) is 10.2 Å². The number of fused-ring (bicyclic) bond motifs is 1. The van der Waals surface area contributed by atoms with Crippen LogP contribution in [0.25, 0.3) is 21.1 Å². The molecule has 0 fully saturated rings. The maximum absolute atomic E-state index is 9.51. The van der Waals surface area contributed by atoms with E-state index >= 15 is 0 Å². The largest absolute Gasteiger partial charge is 0.192 e. The van der Waals surface area contributed by atoms with Gasteiger partial charge >= 0.3 is 0 Å². The minimum Gasteiger partial charge on any atom is -0.192 e. The van der Waals surface area contributed by atoms with E-state index in [4.69, 9.17) is 0 Å². The average Bonchev–Trinajstić information content (AvgIpc) is 3.30. The van der Waals surface area contributed by atoms with Crippen LogP contribution >= 0.6 is 11.3 Å². The molecule has 1 aliphatic rings. The smallest absolute Gasteiger partial charge is 0.148 e. The molecule has 0 bridgehead atoms. The molecule has 0 saturated carbocycles. The van der Waals surface area contributed by atoms with Gasteiger partial charge < -0.3 is 0 Å². The Kier molecular flexibility index (Phi) is 4.57. The second-order valence-electron chi connectivity index (χ2n) is 7.29. The van der Waals surface area contributed by atoms with Gasteiger partial charge in [0.25, 0.3) is 0 Å². The van der Waals surface area contributed by atoms with Crippen molar-refractivity contribution >= 4 is 11.3 Å². The zero-order valence-corrected chi connectivity index (χ0v) is 15.9. The van der Waals surface area contributed by atoms with E-state index < -0.39 is 0 Å². The summed E-state index contributed by atoms with van der Waals surface area (Å²) < 4.78 is 0. The van der Waals surface area contributed by atoms with E-state index in [9.17, 15) is 5.26 Å². The number of aromatic nitrogens is 2. The van der Waals surface area contributed by atoms with Gasteiger partial charge in [-0.3, -0.25) is 0 Å². The first-order valence-corrected chi connectivity index (χ1v) is 9.95. The number of hydrogen-bond acceptors (Lipinski definition) is 4. The number of hydrogen-bond donors (Lipinski definition) is 0. The topological polar surface area (TPSA) is 49.6 Å². The van der Waals surface area contributed by atoms with Crippen LogP contribution in [0, 0.1) is 17.2 Å². The lowest BCUT2D eigenvalue weighted by Crippen LogP contribution is -1.97. The van der Waals surface area contributed by atoms with Crippen molar-refractivity contribution in [1.82, 2.24) is 10.2 Å². The lowest BCUT2D eigenvalue weighted by atomic mass is 9.97. The highest BCUT2D eigenvalue weighted by atomic mass is 32.1.